The Morgan fingerprint density at radius 2 is 1.72 bits per heavy atom. The molecule has 1 fully saturated rings. The van der Waals surface area contributed by atoms with Crippen LogP contribution in [0.3, 0.4) is 0 Å². The standard InChI is InChI=1S/C29H29NO6/c1-19-12-13-22-15-30(28(31)27(36-23-17-34-18-23)21-10-6-3-7-11-21)25(29(32)33)14-24(22)26(19)35-16-20-8-4-2-5-9-20/h2-13,23,25,27H,14-18H2,1H3,(H,32,33)/t25-,27+/m0/s1. The molecule has 7 nitrogen and oxygen atoms in total. The number of ether oxygens (including phenoxy) is 3. The van der Waals surface area contributed by atoms with Gasteiger partial charge in [0.2, 0.25) is 0 Å². The van der Waals surface area contributed by atoms with Crippen molar-refractivity contribution in [2.24, 2.45) is 0 Å². The van der Waals surface area contributed by atoms with Gasteiger partial charge in [-0.2, -0.15) is 0 Å². The smallest absolute Gasteiger partial charge is 0.326 e. The van der Waals surface area contributed by atoms with Crippen molar-refractivity contribution >= 4 is 11.9 Å². The average Bonchev–Trinajstić information content (AvgIpc) is 2.87. The van der Waals surface area contributed by atoms with Gasteiger partial charge >= 0.3 is 5.97 Å². The number of nitrogens with zero attached hydrogens (tertiary/aromatic N) is 1. The summed E-state index contributed by atoms with van der Waals surface area (Å²) in [6.45, 7) is 3.34. The Bertz CT molecular complexity index is 1230. The summed E-state index contributed by atoms with van der Waals surface area (Å²) in [5.74, 6) is -0.723. The second-order valence-corrected chi connectivity index (χ2v) is 9.23. The number of aryl methyl sites for hydroxylation is 1. The van der Waals surface area contributed by atoms with Gasteiger partial charge in [-0.1, -0.05) is 72.8 Å². The van der Waals surface area contributed by atoms with E-state index in [-0.39, 0.29) is 25.0 Å². The monoisotopic (exact) mass is 487 g/mol. The van der Waals surface area contributed by atoms with E-state index in [2.05, 4.69) is 0 Å². The second-order valence-electron chi connectivity index (χ2n) is 9.23. The normalized spacial score (nSPS) is 18.1. The van der Waals surface area contributed by atoms with Gasteiger partial charge in [0.1, 0.15) is 24.5 Å². The molecule has 36 heavy (non-hydrogen) atoms. The van der Waals surface area contributed by atoms with Gasteiger partial charge in [0, 0.05) is 18.5 Å². The summed E-state index contributed by atoms with van der Waals surface area (Å²) < 4.78 is 17.5. The van der Waals surface area contributed by atoms with Crippen LogP contribution in [-0.4, -0.2) is 47.2 Å². The van der Waals surface area contributed by atoms with E-state index in [4.69, 9.17) is 14.2 Å². The second kappa shape index (κ2) is 10.5. The SMILES string of the molecule is Cc1ccc2c(c1OCc1ccccc1)C[C@@H](C(=O)O)N(C(=O)[C@H](OC1COC1)c1ccccc1)C2. The first-order valence-electron chi connectivity index (χ1n) is 12.1. The average molecular weight is 488 g/mol. The van der Waals surface area contributed by atoms with Crippen molar-refractivity contribution < 1.29 is 28.9 Å². The Morgan fingerprint density at radius 3 is 2.36 bits per heavy atom. The molecular formula is C29H29NO6. The van der Waals surface area contributed by atoms with Crippen LogP contribution in [0.5, 0.6) is 5.75 Å². The number of hydrogen-bond donors (Lipinski definition) is 1. The number of carboxylic acids is 1. The molecule has 2 aliphatic heterocycles. The van der Waals surface area contributed by atoms with Gasteiger partial charge in [-0.3, -0.25) is 4.79 Å². The molecule has 3 aromatic rings. The molecule has 1 saturated heterocycles. The molecule has 2 heterocycles. The lowest BCUT2D eigenvalue weighted by Gasteiger charge is -2.38. The van der Waals surface area contributed by atoms with Crippen LogP contribution in [0.25, 0.3) is 0 Å². The molecule has 5 rings (SSSR count). The lowest BCUT2D eigenvalue weighted by molar-refractivity contribution is -0.180. The number of amides is 1. The molecule has 7 heteroatoms. The fourth-order valence-corrected chi connectivity index (χ4v) is 4.68. The van der Waals surface area contributed by atoms with Crippen molar-refractivity contribution in [3.63, 3.8) is 0 Å². The lowest BCUT2D eigenvalue weighted by atomic mass is 9.90. The van der Waals surface area contributed by atoms with Crippen LogP contribution in [-0.2, 0) is 38.6 Å². The van der Waals surface area contributed by atoms with E-state index in [9.17, 15) is 14.7 Å². The number of carbonyl (C=O) groups is 2. The van der Waals surface area contributed by atoms with Gasteiger partial charge < -0.3 is 24.2 Å². The van der Waals surface area contributed by atoms with Gasteiger partial charge in [0.05, 0.1) is 13.2 Å². The molecular weight excluding hydrogens is 458 g/mol. The summed E-state index contributed by atoms with van der Waals surface area (Å²) in [6, 6.07) is 21.9. The number of aliphatic carboxylic acids is 1. The Labute approximate surface area is 210 Å². The van der Waals surface area contributed by atoms with Crippen molar-refractivity contribution in [1.82, 2.24) is 4.90 Å². The van der Waals surface area contributed by atoms with Crippen LogP contribution in [0.2, 0.25) is 0 Å². The first-order chi connectivity index (χ1) is 17.5. The molecule has 0 bridgehead atoms. The minimum Gasteiger partial charge on any atom is -0.488 e. The predicted octanol–water partition coefficient (Wildman–Crippen LogP) is 4.07. The van der Waals surface area contributed by atoms with Crippen molar-refractivity contribution in [2.75, 3.05) is 13.2 Å². The Hall–Kier alpha value is -3.68. The molecule has 186 valence electrons. The van der Waals surface area contributed by atoms with Crippen molar-refractivity contribution in [3.05, 3.63) is 101 Å². The summed E-state index contributed by atoms with van der Waals surface area (Å²) in [5, 5.41) is 10.1. The van der Waals surface area contributed by atoms with E-state index >= 15 is 0 Å². The van der Waals surface area contributed by atoms with Crippen LogP contribution in [0.4, 0.5) is 0 Å². The first kappa shape index (κ1) is 24.0. The van der Waals surface area contributed by atoms with Crippen molar-refractivity contribution in [3.8, 4) is 5.75 Å². The highest BCUT2D eigenvalue weighted by molar-refractivity contribution is 5.88. The number of carboxylic acid groups (broad SMARTS) is 1. The zero-order valence-corrected chi connectivity index (χ0v) is 20.1. The third-order valence-corrected chi connectivity index (χ3v) is 6.73. The van der Waals surface area contributed by atoms with Crippen molar-refractivity contribution in [2.45, 2.75) is 44.7 Å². The van der Waals surface area contributed by atoms with Crippen LogP contribution in [0, 0.1) is 6.92 Å². The zero-order chi connectivity index (χ0) is 25.1. The van der Waals surface area contributed by atoms with E-state index in [1.54, 1.807) is 0 Å². The molecule has 0 radical (unpaired) electrons. The van der Waals surface area contributed by atoms with E-state index in [0.29, 0.717) is 31.1 Å². The molecule has 2 aliphatic rings. The van der Waals surface area contributed by atoms with Gasteiger partial charge in [-0.25, -0.2) is 4.79 Å². The van der Waals surface area contributed by atoms with Gasteiger partial charge in [0.25, 0.3) is 5.91 Å². The molecule has 0 unspecified atom stereocenters. The van der Waals surface area contributed by atoms with Crippen molar-refractivity contribution in [1.29, 1.82) is 0 Å². The van der Waals surface area contributed by atoms with Gasteiger partial charge in [-0.05, 0) is 29.2 Å². The third-order valence-electron chi connectivity index (χ3n) is 6.73. The largest absolute Gasteiger partial charge is 0.488 e. The molecule has 1 N–H and O–H groups in total. The summed E-state index contributed by atoms with van der Waals surface area (Å²) in [5.41, 5.74) is 4.38. The highest BCUT2D eigenvalue weighted by Gasteiger charge is 2.41. The summed E-state index contributed by atoms with van der Waals surface area (Å²) in [7, 11) is 0. The number of carbonyl (C=O) groups excluding carboxylic acids is 1. The molecule has 0 spiro atoms. The summed E-state index contributed by atoms with van der Waals surface area (Å²) in [4.78, 5) is 27.7. The number of hydrogen-bond acceptors (Lipinski definition) is 5. The highest BCUT2D eigenvalue weighted by Crippen LogP contribution is 2.36. The zero-order valence-electron chi connectivity index (χ0n) is 20.1. The summed E-state index contributed by atoms with van der Waals surface area (Å²) in [6.07, 6.45) is -0.932. The fraction of sp³-hybridized carbons (Fsp3) is 0.310. The number of fused-ring (bicyclic) bond motifs is 1. The Morgan fingerprint density at radius 1 is 1.03 bits per heavy atom. The predicted molar refractivity (Wildman–Crippen MR) is 133 cm³/mol. The number of rotatable bonds is 8. The third kappa shape index (κ3) is 4.98. The topological polar surface area (TPSA) is 85.3 Å². The maximum absolute atomic E-state index is 13.8. The molecule has 2 atom stereocenters. The summed E-state index contributed by atoms with van der Waals surface area (Å²) >= 11 is 0. The minimum atomic E-state index is -1.05. The van der Waals surface area contributed by atoms with Gasteiger partial charge in [0.15, 0.2) is 6.10 Å². The molecule has 0 aromatic heterocycles. The molecule has 0 saturated carbocycles. The highest BCUT2D eigenvalue weighted by atomic mass is 16.6. The maximum Gasteiger partial charge on any atom is 0.326 e. The van der Waals surface area contributed by atoms with E-state index in [1.807, 2.05) is 79.7 Å². The molecule has 1 amide bonds. The quantitative estimate of drug-likeness (QED) is 0.516. The van der Waals surface area contributed by atoms with Crippen LogP contribution < -0.4 is 4.74 Å². The Balaban J connectivity index is 1.44. The van der Waals surface area contributed by atoms with E-state index < -0.39 is 18.1 Å². The lowest BCUT2D eigenvalue weighted by Crippen LogP contribution is -2.51. The minimum absolute atomic E-state index is 0.163. The maximum atomic E-state index is 13.8. The molecule has 0 aliphatic carbocycles. The Kier molecular flexibility index (Phi) is 7.02. The van der Waals surface area contributed by atoms with Crippen LogP contribution in [0.15, 0.2) is 72.8 Å². The fourth-order valence-electron chi connectivity index (χ4n) is 4.68. The number of benzene rings is 3. The van der Waals surface area contributed by atoms with Gasteiger partial charge in [-0.15, -0.1) is 0 Å². The van der Waals surface area contributed by atoms with E-state index in [1.165, 1.54) is 4.90 Å². The van der Waals surface area contributed by atoms with Crippen LogP contribution >= 0.6 is 0 Å². The van der Waals surface area contributed by atoms with Crippen LogP contribution in [0.1, 0.15) is 33.9 Å². The van der Waals surface area contributed by atoms with E-state index in [0.717, 1.165) is 22.3 Å². The first-order valence-corrected chi connectivity index (χ1v) is 12.1. The molecule has 3 aromatic carbocycles.